The van der Waals surface area contributed by atoms with Crippen LogP contribution in [-0.2, 0) is 0 Å². The summed E-state index contributed by atoms with van der Waals surface area (Å²) in [4.78, 5) is 2.60. The first-order valence-electron chi connectivity index (χ1n) is 6.62. The molecule has 2 nitrogen and oxygen atoms in total. The number of nitrogens with two attached hydrogens (primary N) is 1. The van der Waals surface area contributed by atoms with Crippen LogP contribution in [0.25, 0.3) is 0 Å². The fourth-order valence-corrected chi connectivity index (χ4v) is 2.52. The minimum Gasteiger partial charge on any atom is -0.324 e. The molecule has 2 N–H and O–H groups in total. The van der Waals surface area contributed by atoms with Crippen LogP contribution in [0, 0.1) is 0 Å². The van der Waals surface area contributed by atoms with E-state index in [9.17, 15) is 0 Å². The Bertz CT molecular complexity index is 171. The fourth-order valence-electron chi connectivity index (χ4n) is 2.52. The summed E-state index contributed by atoms with van der Waals surface area (Å²) in [5.41, 5.74) is 6.25. The molecule has 0 heterocycles. The van der Waals surface area contributed by atoms with E-state index in [0.717, 1.165) is 25.6 Å². The zero-order valence-electron chi connectivity index (χ0n) is 10.8. The van der Waals surface area contributed by atoms with Gasteiger partial charge in [-0.2, -0.15) is 0 Å². The number of likely N-dealkylation sites (N-methyl/N-ethyl adjacent to an activating group) is 1. The highest BCUT2D eigenvalue weighted by atomic mass is 15.2. The van der Waals surface area contributed by atoms with Crippen molar-refractivity contribution in [3.8, 4) is 0 Å². The van der Waals surface area contributed by atoms with Gasteiger partial charge in [-0.05, 0) is 32.7 Å². The molecule has 90 valence electrons. The normalized spacial score (nSPS) is 23.0. The van der Waals surface area contributed by atoms with Gasteiger partial charge in [-0.25, -0.2) is 0 Å². The van der Waals surface area contributed by atoms with Crippen LogP contribution >= 0.6 is 0 Å². The lowest BCUT2D eigenvalue weighted by atomic mass is 9.92. The third-order valence-electron chi connectivity index (χ3n) is 3.87. The van der Waals surface area contributed by atoms with Gasteiger partial charge in [0.1, 0.15) is 0 Å². The second-order valence-corrected chi connectivity index (χ2v) is 5.36. The van der Waals surface area contributed by atoms with E-state index < -0.39 is 0 Å². The third kappa shape index (κ3) is 4.12. The average Bonchev–Trinajstić information content (AvgIpc) is 2.27. The van der Waals surface area contributed by atoms with Crippen LogP contribution in [0.1, 0.15) is 59.3 Å². The molecule has 1 saturated carbocycles. The Hall–Kier alpha value is -0.0800. The lowest BCUT2D eigenvalue weighted by Crippen LogP contribution is -2.51. The quantitative estimate of drug-likeness (QED) is 0.759. The summed E-state index contributed by atoms with van der Waals surface area (Å²) in [6.45, 7) is 8.84. The van der Waals surface area contributed by atoms with Gasteiger partial charge >= 0.3 is 0 Å². The van der Waals surface area contributed by atoms with E-state index >= 15 is 0 Å². The molecular weight excluding hydrogens is 184 g/mol. The molecule has 0 aromatic rings. The van der Waals surface area contributed by atoms with Crippen molar-refractivity contribution in [1.29, 1.82) is 0 Å². The maximum absolute atomic E-state index is 6.26. The summed E-state index contributed by atoms with van der Waals surface area (Å²) >= 11 is 0. The van der Waals surface area contributed by atoms with Crippen LogP contribution in [-0.4, -0.2) is 29.6 Å². The highest BCUT2D eigenvalue weighted by Gasteiger charge is 2.25. The summed E-state index contributed by atoms with van der Waals surface area (Å²) in [6.07, 6.45) is 8.09. The Balaban J connectivity index is 2.46. The van der Waals surface area contributed by atoms with Gasteiger partial charge in [0.05, 0.1) is 0 Å². The Morgan fingerprint density at radius 2 is 1.80 bits per heavy atom. The van der Waals surface area contributed by atoms with E-state index in [0.29, 0.717) is 0 Å². The molecular formula is C13H28N2. The molecule has 2 heteroatoms. The van der Waals surface area contributed by atoms with E-state index in [1.807, 2.05) is 0 Å². The Morgan fingerprint density at radius 1 is 1.20 bits per heavy atom. The summed E-state index contributed by atoms with van der Waals surface area (Å²) < 4.78 is 0. The molecule has 0 spiro atoms. The summed E-state index contributed by atoms with van der Waals surface area (Å²) in [5, 5.41) is 0. The largest absolute Gasteiger partial charge is 0.324 e. The predicted molar refractivity (Wildman–Crippen MR) is 67.0 cm³/mol. The Morgan fingerprint density at radius 3 is 2.27 bits per heavy atom. The molecule has 0 aliphatic heterocycles. The number of hydrogen-bond acceptors (Lipinski definition) is 2. The SMILES string of the molecule is CCN(CC(C)(N)CC)C1CCCCC1. The first kappa shape index (κ1) is 13.0. The van der Waals surface area contributed by atoms with Gasteiger partial charge < -0.3 is 5.73 Å². The van der Waals surface area contributed by atoms with Gasteiger partial charge in [0.15, 0.2) is 0 Å². The van der Waals surface area contributed by atoms with Crippen LogP contribution in [0.3, 0.4) is 0 Å². The van der Waals surface area contributed by atoms with E-state index in [2.05, 4.69) is 25.7 Å². The van der Waals surface area contributed by atoms with Crippen molar-refractivity contribution in [2.24, 2.45) is 5.73 Å². The average molecular weight is 212 g/mol. The Kier molecular flexibility index (Phi) is 5.07. The molecule has 1 fully saturated rings. The van der Waals surface area contributed by atoms with Gasteiger partial charge in [-0.3, -0.25) is 4.90 Å². The molecule has 15 heavy (non-hydrogen) atoms. The van der Waals surface area contributed by atoms with Crippen LogP contribution in [0.4, 0.5) is 0 Å². The zero-order valence-corrected chi connectivity index (χ0v) is 10.8. The third-order valence-corrected chi connectivity index (χ3v) is 3.87. The molecule has 1 aliphatic carbocycles. The lowest BCUT2D eigenvalue weighted by Gasteiger charge is -2.38. The highest BCUT2D eigenvalue weighted by Crippen LogP contribution is 2.23. The number of rotatable bonds is 5. The maximum Gasteiger partial charge on any atom is 0.0252 e. The first-order valence-corrected chi connectivity index (χ1v) is 6.62. The van der Waals surface area contributed by atoms with Gasteiger partial charge in [-0.1, -0.05) is 33.1 Å². The van der Waals surface area contributed by atoms with Crippen molar-refractivity contribution in [2.75, 3.05) is 13.1 Å². The van der Waals surface area contributed by atoms with Gasteiger partial charge in [0, 0.05) is 18.1 Å². The van der Waals surface area contributed by atoms with Crippen molar-refractivity contribution in [3.05, 3.63) is 0 Å². The molecule has 0 radical (unpaired) electrons. The summed E-state index contributed by atoms with van der Waals surface area (Å²) in [6, 6.07) is 0.804. The lowest BCUT2D eigenvalue weighted by molar-refractivity contribution is 0.131. The van der Waals surface area contributed by atoms with Crippen molar-refractivity contribution in [2.45, 2.75) is 70.9 Å². The van der Waals surface area contributed by atoms with Gasteiger partial charge in [0.25, 0.3) is 0 Å². The molecule has 1 aliphatic rings. The smallest absolute Gasteiger partial charge is 0.0252 e. The van der Waals surface area contributed by atoms with Gasteiger partial charge in [0.2, 0.25) is 0 Å². The van der Waals surface area contributed by atoms with Crippen molar-refractivity contribution < 1.29 is 0 Å². The standard InChI is InChI=1S/C13H28N2/c1-4-13(3,14)11-15(5-2)12-9-7-6-8-10-12/h12H,4-11,14H2,1-3H3. The van der Waals surface area contributed by atoms with Crippen LogP contribution in [0.15, 0.2) is 0 Å². The van der Waals surface area contributed by atoms with Crippen molar-refractivity contribution in [3.63, 3.8) is 0 Å². The zero-order chi connectivity index (χ0) is 11.3. The molecule has 0 aromatic carbocycles. The van der Waals surface area contributed by atoms with E-state index in [-0.39, 0.29) is 5.54 Å². The van der Waals surface area contributed by atoms with Crippen molar-refractivity contribution >= 4 is 0 Å². The van der Waals surface area contributed by atoms with E-state index in [1.54, 1.807) is 0 Å². The van der Waals surface area contributed by atoms with Crippen molar-refractivity contribution in [1.82, 2.24) is 4.90 Å². The number of hydrogen-bond donors (Lipinski definition) is 1. The second kappa shape index (κ2) is 5.86. The van der Waals surface area contributed by atoms with E-state index in [1.165, 1.54) is 32.1 Å². The first-order chi connectivity index (χ1) is 7.09. The maximum atomic E-state index is 6.26. The van der Waals surface area contributed by atoms with Crippen LogP contribution in [0.2, 0.25) is 0 Å². The molecule has 0 aromatic heterocycles. The summed E-state index contributed by atoms with van der Waals surface area (Å²) in [7, 11) is 0. The minimum atomic E-state index is -0.00649. The number of nitrogens with zero attached hydrogens (tertiary/aromatic N) is 1. The fraction of sp³-hybridized carbons (Fsp3) is 1.00. The molecule has 1 atom stereocenters. The molecule has 0 amide bonds. The second-order valence-electron chi connectivity index (χ2n) is 5.36. The molecule has 1 rings (SSSR count). The van der Waals surface area contributed by atoms with Crippen LogP contribution in [0.5, 0.6) is 0 Å². The molecule has 1 unspecified atom stereocenters. The van der Waals surface area contributed by atoms with Crippen LogP contribution < -0.4 is 5.73 Å². The van der Waals surface area contributed by atoms with Gasteiger partial charge in [-0.15, -0.1) is 0 Å². The van der Waals surface area contributed by atoms with E-state index in [4.69, 9.17) is 5.73 Å². The topological polar surface area (TPSA) is 29.3 Å². The molecule has 0 saturated heterocycles. The highest BCUT2D eigenvalue weighted by molar-refractivity contribution is 4.85. The Labute approximate surface area is 95.2 Å². The predicted octanol–water partition coefficient (Wildman–Crippen LogP) is 2.77. The summed E-state index contributed by atoms with van der Waals surface area (Å²) in [5.74, 6) is 0. The minimum absolute atomic E-state index is 0.00649. The molecule has 0 bridgehead atoms. The monoisotopic (exact) mass is 212 g/mol.